The molecule has 3 aromatic rings. The Morgan fingerprint density at radius 1 is 0.844 bits per heavy atom. The van der Waals surface area contributed by atoms with Gasteiger partial charge in [-0.3, -0.25) is 4.90 Å². The fourth-order valence-corrected chi connectivity index (χ4v) is 4.48. The normalized spacial score (nSPS) is 16.4. The molecule has 1 aliphatic heterocycles. The summed E-state index contributed by atoms with van der Waals surface area (Å²) in [6.07, 6.45) is 0. The molecule has 0 radical (unpaired) electrons. The average molecular weight is 469 g/mol. The maximum atomic E-state index is 12.8. The third-order valence-corrected chi connectivity index (χ3v) is 6.40. The number of hydrogen-bond donors (Lipinski definition) is 2. The standard InChI is InChI=1S/C25H26Cl2N4O/c26-20-11-12-21(27)22(17-20)29-25(32)31-15-13-30(14-16-31)24(19-9-5-2-6-10-19)23(28)18-7-3-1-4-8-18/h1-12,17,23-24H,13-16,28H2,(H,29,32)/t23-,24+/m0/s1. The van der Waals surface area contributed by atoms with Gasteiger partial charge in [-0.2, -0.15) is 0 Å². The lowest BCUT2D eigenvalue weighted by Gasteiger charge is -2.41. The molecule has 5 nitrogen and oxygen atoms in total. The van der Waals surface area contributed by atoms with Crippen LogP contribution in [0.5, 0.6) is 0 Å². The predicted octanol–water partition coefficient (Wildman–Crippen LogP) is 5.58. The van der Waals surface area contributed by atoms with Crippen LogP contribution >= 0.6 is 23.2 Å². The Kier molecular flexibility index (Phi) is 7.33. The Bertz CT molecular complexity index is 1040. The number of nitrogens with one attached hydrogen (secondary N) is 1. The van der Waals surface area contributed by atoms with E-state index in [4.69, 9.17) is 28.9 Å². The van der Waals surface area contributed by atoms with Crippen molar-refractivity contribution in [3.63, 3.8) is 0 Å². The van der Waals surface area contributed by atoms with E-state index in [1.807, 2.05) is 36.4 Å². The lowest BCUT2D eigenvalue weighted by atomic mass is 9.92. The van der Waals surface area contributed by atoms with Crippen molar-refractivity contribution in [2.75, 3.05) is 31.5 Å². The van der Waals surface area contributed by atoms with Crippen molar-refractivity contribution in [1.82, 2.24) is 9.80 Å². The van der Waals surface area contributed by atoms with Crippen molar-refractivity contribution in [3.05, 3.63) is 100 Å². The molecular formula is C25H26Cl2N4O. The number of hydrogen-bond acceptors (Lipinski definition) is 3. The minimum absolute atomic E-state index is 0.0196. The number of nitrogens with two attached hydrogens (primary N) is 1. The maximum absolute atomic E-state index is 12.8. The van der Waals surface area contributed by atoms with Crippen LogP contribution in [0.15, 0.2) is 78.9 Å². The zero-order chi connectivity index (χ0) is 22.5. The molecule has 1 saturated heterocycles. The van der Waals surface area contributed by atoms with Crippen molar-refractivity contribution < 1.29 is 4.79 Å². The van der Waals surface area contributed by atoms with Gasteiger partial charge in [0.1, 0.15) is 0 Å². The first-order valence-corrected chi connectivity index (χ1v) is 11.4. The summed E-state index contributed by atoms with van der Waals surface area (Å²) in [5, 5.41) is 3.85. The number of halogens is 2. The van der Waals surface area contributed by atoms with Gasteiger partial charge in [0.05, 0.1) is 16.8 Å². The van der Waals surface area contributed by atoms with Crippen molar-refractivity contribution >= 4 is 34.9 Å². The van der Waals surface area contributed by atoms with E-state index in [-0.39, 0.29) is 18.1 Å². The van der Waals surface area contributed by atoms with E-state index in [0.29, 0.717) is 28.8 Å². The molecule has 0 spiro atoms. The average Bonchev–Trinajstić information content (AvgIpc) is 2.83. The number of amides is 2. The quantitative estimate of drug-likeness (QED) is 0.513. The van der Waals surface area contributed by atoms with Gasteiger partial charge >= 0.3 is 6.03 Å². The number of benzene rings is 3. The molecule has 0 bridgehead atoms. The van der Waals surface area contributed by atoms with Crippen LogP contribution < -0.4 is 11.1 Å². The molecule has 0 aromatic heterocycles. The van der Waals surface area contributed by atoms with Crippen LogP contribution in [0.3, 0.4) is 0 Å². The molecule has 4 rings (SSSR count). The Hall–Kier alpha value is -2.57. The van der Waals surface area contributed by atoms with Crippen molar-refractivity contribution in [3.8, 4) is 0 Å². The monoisotopic (exact) mass is 468 g/mol. The Balaban J connectivity index is 1.46. The minimum Gasteiger partial charge on any atom is -0.322 e. The van der Waals surface area contributed by atoms with Crippen molar-refractivity contribution in [1.29, 1.82) is 0 Å². The molecule has 0 unspecified atom stereocenters. The lowest BCUT2D eigenvalue weighted by Crippen LogP contribution is -2.52. The molecular weight excluding hydrogens is 443 g/mol. The third-order valence-electron chi connectivity index (χ3n) is 5.83. The largest absolute Gasteiger partial charge is 0.322 e. The first-order valence-electron chi connectivity index (χ1n) is 10.6. The molecule has 2 atom stereocenters. The number of rotatable bonds is 5. The van der Waals surface area contributed by atoms with Gasteiger partial charge in [0.2, 0.25) is 0 Å². The van der Waals surface area contributed by atoms with Crippen LogP contribution in [0.1, 0.15) is 23.2 Å². The van der Waals surface area contributed by atoms with E-state index >= 15 is 0 Å². The fraction of sp³-hybridized carbons (Fsp3) is 0.240. The lowest BCUT2D eigenvalue weighted by molar-refractivity contribution is 0.100. The third kappa shape index (κ3) is 5.25. The van der Waals surface area contributed by atoms with Crippen LogP contribution in [0.2, 0.25) is 10.0 Å². The van der Waals surface area contributed by atoms with E-state index in [1.165, 1.54) is 5.56 Å². The summed E-state index contributed by atoms with van der Waals surface area (Å²) >= 11 is 12.2. The molecule has 3 N–H and O–H groups in total. The van der Waals surface area contributed by atoms with E-state index in [9.17, 15) is 4.79 Å². The summed E-state index contributed by atoms with van der Waals surface area (Å²) in [5.74, 6) is 0. The van der Waals surface area contributed by atoms with Gasteiger partial charge in [-0.05, 0) is 29.3 Å². The first kappa shape index (κ1) is 22.6. The SMILES string of the molecule is N[C@@H](c1ccccc1)[C@@H](c1ccccc1)N1CCN(C(=O)Nc2cc(Cl)ccc2Cl)CC1. The highest BCUT2D eigenvalue weighted by Crippen LogP contribution is 2.33. The summed E-state index contributed by atoms with van der Waals surface area (Å²) in [4.78, 5) is 17.0. The highest BCUT2D eigenvalue weighted by atomic mass is 35.5. The summed E-state index contributed by atoms with van der Waals surface area (Å²) < 4.78 is 0. The summed E-state index contributed by atoms with van der Waals surface area (Å²) in [7, 11) is 0. The molecule has 0 aliphatic carbocycles. The predicted molar refractivity (Wildman–Crippen MR) is 131 cm³/mol. The van der Waals surface area contributed by atoms with Crippen LogP contribution in [-0.2, 0) is 0 Å². The maximum Gasteiger partial charge on any atom is 0.321 e. The van der Waals surface area contributed by atoms with E-state index < -0.39 is 0 Å². The summed E-state index contributed by atoms with van der Waals surface area (Å²) in [6, 6.07) is 25.2. The number of carbonyl (C=O) groups excluding carboxylic acids is 1. The first-order chi connectivity index (χ1) is 15.5. The van der Waals surface area contributed by atoms with Gasteiger partial charge < -0.3 is 16.0 Å². The molecule has 1 aliphatic rings. The van der Waals surface area contributed by atoms with Gasteiger partial charge in [-0.15, -0.1) is 0 Å². The molecule has 1 heterocycles. The van der Waals surface area contributed by atoms with E-state index in [2.05, 4.69) is 34.5 Å². The van der Waals surface area contributed by atoms with Crippen LogP contribution in [0, 0.1) is 0 Å². The second kappa shape index (κ2) is 10.4. The van der Waals surface area contributed by atoms with Crippen molar-refractivity contribution in [2.24, 2.45) is 5.73 Å². The number of carbonyl (C=O) groups is 1. The van der Waals surface area contributed by atoms with Gasteiger partial charge in [0.15, 0.2) is 0 Å². The van der Waals surface area contributed by atoms with E-state index in [1.54, 1.807) is 23.1 Å². The smallest absolute Gasteiger partial charge is 0.321 e. The Morgan fingerprint density at radius 2 is 1.44 bits per heavy atom. The number of nitrogens with zero attached hydrogens (tertiary/aromatic N) is 2. The van der Waals surface area contributed by atoms with Gasteiger partial charge in [0.25, 0.3) is 0 Å². The van der Waals surface area contributed by atoms with Gasteiger partial charge in [0, 0.05) is 37.2 Å². The minimum atomic E-state index is -0.183. The van der Waals surface area contributed by atoms with Crippen LogP contribution in [0.25, 0.3) is 0 Å². The zero-order valence-electron chi connectivity index (χ0n) is 17.6. The summed E-state index contributed by atoms with van der Waals surface area (Å²) in [5.41, 5.74) is 9.55. The van der Waals surface area contributed by atoms with E-state index in [0.717, 1.165) is 18.7 Å². The zero-order valence-corrected chi connectivity index (χ0v) is 19.1. The van der Waals surface area contributed by atoms with Crippen LogP contribution in [0.4, 0.5) is 10.5 Å². The molecule has 32 heavy (non-hydrogen) atoms. The molecule has 166 valence electrons. The number of piperazine rings is 1. The number of urea groups is 1. The highest BCUT2D eigenvalue weighted by molar-refractivity contribution is 6.35. The van der Waals surface area contributed by atoms with Gasteiger partial charge in [-0.25, -0.2) is 4.79 Å². The van der Waals surface area contributed by atoms with Gasteiger partial charge in [-0.1, -0.05) is 83.9 Å². The molecule has 1 fully saturated rings. The van der Waals surface area contributed by atoms with Crippen LogP contribution in [-0.4, -0.2) is 42.0 Å². The number of anilines is 1. The second-order valence-corrected chi connectivity index (χ2v) is 8.71. The Morgan fingerprint density at radius 3 is 2.06 bits per heavy atom. The highest BCUT2D eigenvalue weighted by Gasteiger charge is 2.31. The Labute approximate surface area is 198 Å². The summed E-state index contributed by atoms with van der Waals surface area (Å²) in [6.45, 7) is 2.62. The topological polar surface area (TPSA) is 61.6 Å². The fourth-order valence-electron chi connectivity index (χ4n) is 4.14. The molecule has 0 saturated carbocycles. The molecule has 7 heteroatoms. The van der Waals surface area contributed by atoms with Crippen molar-refractivity contribution in [2.45, 2.75) is 12.1 Å². The second-order valence-electron chi connectivity index (χ2n) is 7.87. The molecule has 3 aromatic carbocycles. The molecule has 2 amide bonds.